The summed E-state index contributed by atoms with van der Waals surface area (Å²) in [7, 11) is 0. The third-order valence-corrected chi connectivity index (χ3v) is 3.62. The molecule has 1 aromatic heterocycles. The topological polar surface area (TPSA) is 67.9 Å². The Hall–Kier alpha value is -1.54. The number of nitriles is 1. The lowest BCUT2D eigenvalue weighted by molar-refractivity contribution is -0.151. The van der Waals surface area contributed by atoms with Crippen molar-refractivity contribution in [2.45, 2.75) is 47.1 Å². The van der Waals surface area contributed by atoms with Gasteiger partial charge in [0, 0.05) is 13.0 Å². The summed E-state index contributed by atoms with van der Waals surface area (Å²) in [4.78, 5) is 12.0. The molecule has 0 aliphatic carbocycles. The van der Waals surface area contributed by atoms with Gasteiger partial charge in [-0.05, 0) is 27.2 Å². The number of nitrogens with zero attached hydrogens (tertiary/aromatic N) is 3. The van der Waals surface area contributed by atoms with Crippen molar-refractivity contribution in [3.05, 3.63) is 16.4 Å². The van der Waals surface area contributed by atoms with Crippen LogP contribution in [0, 0.1) is 16.7 Å². The quantitative estimate of drug-likeness (QED) is 0.757. The summed E-state index contributed by atoms with van der Waals surface area (Å²) in [5.74, 6) is -0.527. The highest BCUT2D eigenvalue weighted by molar-refractivity contribution is 6.31. The van der Waals surface area contributed by atoms with E-state index in [1.807, 2.05) is 19.9 Å². The molecule has 20 heavy (non-hydrogen) atoms. The van der Waals surface area contributed by atoms with E-state index >= 15 is 0 Å². The standard InChI is InChI=1S/C14H20ClN3O2/c1-5-10-12(15)11(18(6-2)17-10)8-14(4,9-16)13(19)20-7-3/h5-8H2,1-4H3. The molecule has 0 aromatic carbocycles. The number of halogens is 1. The second kappa shape index (κ2) is 6.76. The van der Waals surface area contributed by atoms with Crippen LogP contribution in [0.15, 0.2) is 0 Å². The summed E-state index contributed by atoms with van der Waals surface area (Å²) in [6, 6.07) is 2.04. The molecule has 0 N–H and O–H groups in total. The van der Waals surface area contributed by atoms with Gasteiger partial charge in [0.25, 0.3) is 0 Å². The van der Waals surface area contributed by atoms with E-state index in [1.54, 1.807) is 18.5 Å². The summed E-state index contributed by atoms with van der Waals surface area (Å²) in [6.45, 7) is 8.08. The van der Waals surface area contributed by atoms with E-state index in [1.165, 1.54) is 0 Å². The molecule has 1 atom stereocenters. The highest BCUT2D eigenvalue weighted by Gasteiger charge is 2.37. The molecule has 1 rings (SSSR count). The lowest BCUT2D eigenvalue weighted by Gasteiger charge is -2.20. The molecule has 6 heteroatoms. The Morgan fingerprint density at radius 1 is 1.50 bits per heavy atom. The zero-order valence-corrected chi connectivity index (χ0v) is 13.1. The highest BCUT2D eigenvalue weighted by Crippen LogP contribution is 2.30. The fourth-order valence-corrected chi connectivity index (χ4v) is 2.30. The van der Waals surface area contributed by atoms with E-state index < -0.39 is 11.4 Å². The predicted molar refractivity (Wildman–Crippen MR) is 76.3 cm³/mol. The molecule has 0 saturated heterocycles. The van der Waals surface area contributed by atoms with Crippen LogP contribution >= 0.6 is 11.6 Å². The SMILES string of the molecule is CCOC(=O)C(C)(C#N)Cc1c(Cl)c(CC)nn1CC. The third kappa shape index (κ3) is 3.13. The third-order valence-electron chi connectivity index (χ3n) is 3.19. The first-order chi connectivity index (χ1) is 9.43. The highest BCUT2D eigenvalue weighted by atomic mass is 35.5. The van der Waals surface area contributed by atoms with Gasteiger partial charge in [-0.3, -0.25) is 9.48 Å². The van der Waals surface area contributed by atoms with Gasteiger partial charge in [-0.15, -0.1) is 0 Å². The number of hydrogen-bond acceptors (Lipinski definition) is 4. The molecule has 1 unspecified atom stereocenters. The summed E-state index contributed by atoms with van der Waals surface area (Å²) in [5.41, 5.74) is 0.244. The van der Waals surface area contributed by atoms with Crippen LogP contribution in [0.3, 0.4) is 0 Å². The van der Waals surface area contributed by atoms with Crippen molar-refractivity contribution in [1.29, 1.82) is 5.26 Å². The van der Waals surface area contributed by atoms with Gasteiger partial charge >= 0.3 is 5.97 Å². The Balaban J connectivity index is 3.16. The average Bonchev–Trinajstić information content (AvgIpc) is 2.75. The van der Waals surface area contributed by atoms with E-state index in [0.717, 1.165) is 5.69 Å². The van der Waals surface area contributed by atoms with Crippen molar-refractivity contribution in [1.82, 2.24) is 9.78 Å². The van der Waals surface area contributed by atoms with Gasteiger partial charge in [-0.25, -0.2) is 0 Å². The number of rotatable bonds is 6. The van der Waals surface area contributed by atoms with Gasteiger partial charge in [0.1, 0.15) is 0 Å². The monoisotopic (exact) mass is 297 g/mol. The molecule has 1 aromatic rings. The Kier molecular flexibility index (Phi) is 5.58. The normalized spacial score (nSPS) is 13.6. The van der Waals surface area contributed by atoms with Crippen LogP contribution in [0.4, 0.5) is 0 Å². The number of hydrogen-bond donors (Lipinski definition) is 0. The zero-order chi connectivity index (χ0) is 15.3. The molecule has 0 amide bonds. The maximum absolute atomic E-state index is 12.0. The Morgan fingerprint density at radius 3 is 2.60 bits per heavy atom. The smallest absolute Gasteiger partial charge is 0.326 e. The van der Waals surface area contributed by atoms with Crippen molar-refractivity contribution < 1.29 is 9.53 Å². The number of aromatic nitrogens is 2. The second-order valence-electron chi connectivity index (χ2n) is 4.72. The maximum atomic E-state index is 12.0. The van der Waals surface area contributed by atoms with E-state index in [2.05, 4.69) is 5.10 Å². The molecule has 5 nitrogen and oxygen atoms in total. The predicted octanol–water partition coefficient (Wildman–Crippen LogP) is 2.75. The number of aryl methyl sites for hydroxylation is 2. The molecule has 0 saturated carbocycles. The molecule has 0 aliphatic heterocycles. The average molecular weight is 298 g/mol. The first-order valence-electron chi connectivity index (χ1n) is 6.75. The number of ether oxygens (including phenoxy) is 1. The van der Waals surface area contributed by atoms with E-state index in [-0.39, 0.29) is 13.0 Å². The van der Waals surface area contributed by atoms with Crippen molar-refractivity contribution in [3.63, 3.8) is 0 Å². The summed E-state index contributed by atoms with van der Waals surface area (Å²) < 4.78 is 6.73. The minimum atomic E-state index is -1.25. The van der Waals surface area contributed by atoms with Crippen molar-refractivity contribution in [2.24, 2.45) is 5.41 Å². The van der Waals surface area contributed by atoms with Crippen LogP contribution in [0.25, 0.3) is 0 Å². The van der Waals surface area contributed by atoms with Crippen LogP contribution in [-0.2, 0) is 28.9 Å². The van der Waals surface area contributed by atoms with Crippen molar-refractivity contribution in [3.8, 4) is 6.07 Å². The van der Waals surface area contributed by atoms with Crippen LogP contribution in [0.2, 0.25) is 5.02 Å². The van der Waals surface area contributed by atoms with Crippen LogP contribution < -0.4 is 0 Å². The molecule has 0 radical (unpaired) electrons. The minimum absolute atomic E-state index is 0.196. The van der Waals surface area contributed by atoms with Gasteiger partial charge in [0.05, 0.1) is 29.1 Å². The molecular formula is C14H20ClN3O2. The fourth-order valence-electron chi connectivity index (χ4n) is 1.97. The summed E-state index contributed by atoms with van der Waals surface area (Å²) >= 11 is 6.31. The summed E-state index contributed by atoms with van der Waals surface area (Å²) in [5, 5.41) is 14.3. The Labute approximate surface area is 124 Å². The molecule has 0 aliphatic rings. The van der Waals surface area contributed by atoms with Gasteiger partial charge in [-0.1, -0.05) is 18.5 Å². The maximum Gasteiger partial charge on any atom is 0.326 e. The Morgan fingerprint density at radius 2 is 2.15 bits per heavy atom. The molecule has 0 fully saturated rings. The van der Waals surface area contributed by atoms with Gasteiger partial charge in [0.15, 0.2) is 5.41 Å². The van der Waals surface area contributed by atoms with Crippen LogP contribution in [-0.4, -0.2) is 22.4 Å². The van der Waals surface area contributed by atoms with E-state index in [4.69, 9.17) is 16.3 Å². The molecule has 110 valence electrons. The molecular weight excluding hydrogens is 278 g/mol. The first-order valence-corrected chi connectivity index (χ1v) is 7.13. The number of carbonyl (C=O) groups excluding carboxylic acids is 1. The molecule has 0 spiro atoms. The van der Waals surface area contributed by atoms with Crippen molar-refractivity contribution in [2.75, 3.05) is 6.61 Å². The summed E-state index contributed by atoms with van der Waals surface area (Å²) in [6.07, 6.45) is 0.906. The van der Waals surface area contributed by atoms with E-state index in [9.17, 15) is 10.1 Å². The van der Waals surface area contributed by atoms with E-state index in [0.29, 0.717) is 23.7 Å². The molecule has 1 heterocycles. The van der Waals surface area contributed by atoms with Crippen molar-refractivity contribution >= 4 is 17.6 Å². The minimum Gasteiger partial charge on any atom is -0.465 e. The zero-order valence-electron chi connectivity index (χ0n) is 12.4. The van der Waals surface area contributed by atoms with Crippen LogP contribution in [0.1, 0.15) is 39.1 Å². The van der Waals surface area contributed by atoms with Gasteiger partial charge < -0.3 is 4.74 Å². The lowest BCUT2D eigenvalue weighted by Crippen LogP contribution is -2.31. The largest absolute Gasteiger partial charge is 0.465 e. The Bertz CT molecular complexity index is 533. The van der Waals surface area contributed by atoms with Gasteiger partial charge in [0.2, 0.25) is 0 Å². The molecule has 0 bridgehead atoms. The second-order valence-corrected chi connectivity index (χ2v) is 5.10. The van der Waals surface area contributed by atoms with Crippen LogP contribution in [0.5, 0.6) is 0 Å². The first kappa shape index (κ1) is 16.5. The lowest BCUT2D eigenvalue weighted by atomic mass is 9.87. The number of carbonyl (C=O) groups is 1. The number of esters is 1. The fraction of sp³-hybridized carbons (Fsp3) is 0.643. The van der Waals surface area contributed by atoms with Gasteiger partial charge in [-0.2, -0.15) is 10.4 Å².